The fraction of sp³-hybridized carbons (Fsp3) is 0.797. The summed E-state index contributed by atoms with van der Waals surface area (Å²) in [7, 11) is 0. The molecule has 0 aromatic heterocycles. The van der Waals surface area contributed by atoms with E-state index < -0.39 is 124 Å². The van der Waals surface area contributed by atoms with Gasteiger partial charge < -0.3 is 89.9 Å². The van der Waals surface area contributed by atoms with Crippen molar-refractivity contribution in [3.8, 4) is 0 Å². The van der Waals surface area contributed by atoms with E-state index in [4.69, 9.17) is 28.4 Å². The molecule has 17 unspecified atom stereocenters. The Balaban J connectivity index is 1.27. The first kappa shape index (κ1) is 84.2. The molecule has 0 aromatic rings. The van der Waals surface area contributed by atoms with E-state index in [1.807, 2.05) is 6.08 Å². The van der Waals surface area contributed by atoms with Crippen molar-refractivity contribution in [1.29, 1.82) is 0 Å². The number of amides is 1. The lowest BCUT2D eigenvalue weighted by atomic mass is 9.96. The summed E-state index contributed by atoms with van der Waals surface area (Å²) in [6.07, 6.45) is 44.7. The van der Waals surface area contributed by atoms with Gasteiger partial charge in [0, 0.05) is 6.42 Å². The van der Waals surface area contributed by atoms with Gasteiger partial charge in [0.1, 0.15) is 73.2 Å². The molecule has 93 heavy (non-hydrogen) atoms. The van der Waals surface area contributed by atoms with Gasteiger partial charge in [0.15, 0.2) is 18.9 Å². The first-order chi connectivity index (χ1) is 45.3. The molecule has 1 amide bonds. The lowest BCUT2D eigenvalue weighted by Crippen LogP contribution is -2.66. The summed E-state index contributed by atoms with van der Waals surface area (Å²) >= 11 is 0. The van der Waals surface area contributed by atoms with Gasteiger partial charge in [-0.25, -0.2) is 0 Å². The van der Waals surface area contributed by atoms with Crippen LogP contribution in [-0.2, 0) is 33.2 Å². The van der Waals surface area contributed by atoms with E-state index in [9.17, 15) is 61.0 Å². The zero-order chi connectivity index (χ0) is 67.5. The zero-order valence-electron chi connectivity index (χ0n) is 57.0. The summed E-state index contributed by atoms with van der Waals surface area (Å²) in [5.74, 6) is -0.278. The molecule has 12 N–H and O–H groups in total. The molecule has 3 fully saturated rings. The van der Waals surface area contributed by atoms with E-state index >= 15 is 0 Å². The minimum absolute atomic E-state index is 0.242. The standard InChI is InChI=1S/C74H129NO18/c1-3-5-7-9-11-13-14-15-16-17-18-19-20-21-22-23-24-25-26-27-28-29-30-31-32-33-34-35-36-37-38-39-40-41-42-44-46-48-50-52-62(80)75-57(58(79)51-49-47-45-43-12-10-8-6-4-2)56-88-72-68(86)65(83)70(60(54-77)90-72)93-74-69(87)66(84)71(61(55-78)91-74)92-73-67(85)64(82)63(81)59(53-76)89-73/h5,7,11,13,15-16,18-19,21-22,24-25,49,51,57-61,63-74,76-79,81-87H,3-4,6,8-10,12,14,17,20,23,26-48,50,52-56H2,1-2H3,(H,75,80)/b7-5-,13-11-,16-15-,19-18-,22-21-,25-24-,51-49+. The van der Waals surface area contributed by atoms with Gasteiger partial charge in [0.2, 0.25) is 5.91 Å². The van der Waals surface area contributed by atoms with Gasteiger partial charge in [0.25, 0.3) is 0 Å². The van der Waals surface area contributed by atoms with Crippen LogP contribution in [0.5, 0.6) is 0 Å². The molecule has 19 nitrogen and oxygen atoms in total. The van der Waals surface area contributed by atoms with Gasteiger partial charge in [0.05, 0.1) is 38.6 Å². The highest BCUT2D eigenvalue weighted by Gasteiger charge is 2.53. The van der Waals surface area contributed by atoms with Crippen LogP contribution in [0, 0.1) is 0 Å². The second-order valence-electron chi connectivity index (χ2n) is 25.7. The lowest BCUT2D eigenvalue weighted by Gasteiger charge is -2.48. The Morgan fingerprint density at radius 2 is 0.742 bits per heavy atom. The Morgan fingerprint density at radius 3 is 1.16 bits per heavy atom. The predicted octanol–water partition coefficient (Wildman–Crippen LogP) is 10.3. The van der Waals surface area contributed by atoms with E-state index in [-0.39, 0.29) is 18.9 Å². The summed E-state index contributed by atoms with van der Waals surface area (Å²) < 4.78 is 34.3. The summed E-state index contributed by atoms with van der Waals surface area (Å²) in [4.78, 5) is 13.4. The molecule has 0 aromatic carbocycles. The van der Waals surface area contributed by atoms with E-state index in [0.717, 1.165) is 83.5 Å². The molecule has 3 heterocycles. The summed E-state index contributed by atoms with van der Waals surface area (Å²) in [6.45, 7) is 1.57. The molecule has 0 spiro atoms. The molecule has 538 valence electrons. The maximum atomic E-state index is 13.4. The van der Waals surface area contributed by atoms with Crippen molar-refractivity contribution in [2.75, 3.05) is 26.4 Å². The number of nitrogens with one attached hydrogen (secondary N) is 1. The normalized spacial score (nSPS) is 28.0. The van der Waals surface area contributed by atoms with Crippen molar-refractivity contribution in [2.45, 2.75) is 349 Å². The van der Waals surface area contributed by atoms with Crippen molar-refractivity contribution < 1.29 is 89.4 Å². The van der Waals surface area contributed by atoms with Gasteiger partial charge in [-0.05, 0) is 70.6 Å². The third kappa shape index (κ3) is 36.4. The van der Waals surface area contributed by atoms with Crippen LogP contribution in [0.15, 0.2) is 85.1 Å². The van der Waals surface area contributed by atoms with Crippen LogP contribution in [0.25, 0.3) is 0 Å². The molecule has 3 aliphatic rings. The first-order valence-electron chi connectivity index (χ1n) is 36.3. The van der Waals surface area contributed by atoms with Crippen LogP contribution in [0.4, 0.5) is 0 Å². The molecular weight excluding hydrogens is 1190 g/mol. The van der Waals surface area contributed by atoms with Crippen LogP contribution in [0.1, 0.15) is 245 Å². The second-order valence-corrected chi connectivity index (χ2v) is 25.7. The van der Waals surface area contributed by atoms with Crippen molar-refractivity contribution in [1.82, 2.24) is 5.32 Å². The number of aliphatic hydroxyl groups excluding tert-OH is 11. The molecule has 17 atom stereocenters. The summed E-state index contributed by atoms with van der Waals surface area (Å²) in [6, 6.07) is -0.972. The summed E-state index contributed by atoms with van der Waals surface area (Å²) in [5.41, 5.74) is 0. The monoisotopic (exact) mass is 1320 g/mol. The lowest BCUT2D eigenvalue weighted by molar-refractivity contribution is -0.379. The predicted molar refractivity (Wildman–Crippen MR) is 364 cm³/mol. The van der Waals surface area contributed by atoms with Gasteiger partial charge >= 0.3 is 0 Å². The van der Waals surface area contributed by atoms with E-state index in [1.165, 1.54) is 135 Å². The molecule has 0 bridgehead atoms. The molecule has 0 saturated carbocycles. The average molecular weight is 1320 g/mol. The van der Waals surface area contributed by atoms with Gasteiger partial charge in [-0.2, -0.15) is 0 Å². The van der Waals surface area contributed by atoms with E-state index in [1.54, 1.807) is 6.08 Å². The third-order valence-electron chi connectivity index (χ3n) is 17.7. The molecular formula is C74H129NO18. The van der Waals surface area contributed by atoms with E-state index in [2.05, 4.69) is 92.1 Å². The third-order valence-corrected chi connectivity index (χ3v) is 17.7. The number of carbonyl (C=O) groups is 1. The van der Waals surface area contributed by atoms with Crippen molar-refractivity contribution in [2.24, 2.45) is 0 Å². The Hall–Kier alpha value is -3.03. The van der Waals surface area contributed by atoms with Gasteiger partial charge in [-0.3, -0.25) is 4.79 Å². The molecule has 19 heteroatoms. The van der Waals surface area contributed by atoms with Gasteiger partial charge in [-0.15, -0.1) is 0 Å². The maximum absolute atomic E-state index is 13.4. The molecule has 3 rings (SSSR count). The number of allylic oxidation sites excluding steroid dienone is 13. The molecule has 0 radical (unpaired) electrons. The fourth-order valence-corrected chi connectivity index (χ4v) is 11.8. The zero-order valence-corrected chi connectivity index (χ0v) is 57.0. The molecule has 3 saturated heterocycles. The highest BCUT2D eigenvalue weighted by molar-refractivity contribution is 5.76. The SMILES string of the molecule is CC/C=C\C/C=C\C/C=C\C/C=C\C/C=C\C/C=C\CCCCCCCCCCCCCCCCCCCCCCC(=O)NC(COC1OC(CO)C(OC2OC(CO)C(OC3OC(CO)C(O)C(O)C3O)C(O)C2O)C(O)C1O)C(O)/C=C/CCCCCCCCC. The first-order valence-corrected chi connectivity index (χ1v) is 36.3. The van der Waals surface area contributed by atoms with Crippen molar-refractivity contribution >= 4 is 5.91 Å². The minimum atomic E-state index is -1.98. The quantitative estimate of drug-likeness (QED) is 0.0199. The summed E-state index contributed by atoms with van der Waals surface area (Å²) in [5, 5.41) is 120. The number of ether oxygens (including phenoxy) is 6. The highest BCUT2D eigenvalue weighted by atomic mass is 16.8. The van der Waals surface area contributed by atoms with Gasteiger partial charge in [-0.1, -0.05) is 253 Å². The maximum Gasteiger partial charge on any atom is 0.220 e. The van der Waals surface area contributed by atoms with Crippen molar-refractivity contribution in [3.63, 3.8) is 0 Å². The van der Waals surface area contributed by atoms with E-state index in [0.29, 0.717) is 6.42 Å². The molecule has 3 aliphatic heterocycles. The topological polar surface area (TPSA) is 307 Å². The largest absolute Gasteiger partial charge is 0.394 e. The Kier molecular flexibility index (Phi) is 49.7. The highest BCUT2D eigenvalue weighted by Crippen LogP contribution is 2.33. The van der Waals surface area contributed by atoms with Crippen LogP contribution in [0.2, 0.25) is 0 Å². The number of carbonyl (C=O) groups excluding carboxylic acids is 1. The number of hydrogen-bond acceptors (Lipinski definition) is 18. The minimum Gasteiger partial charge on any atom is -0.394 e. The number of hydrogen-bond donors (Lipinski definition) is 12. The van der Waals surface area contributed by atoms with Crippen LogP contribution in [-0.4, -0.2) is 193 Å². The van der Waals surface area contributed by atoms with Crippen LogP contribution < -0.4 is 5.32 Å². The smallest absolute Gasteiger partial charge is 0.220 e. The van der Waals surface area contributed by atoms with Crippen LogP contribution >= 0.6 is 0 Å². The molecule has 0 aliphatic carbocycles. The fourth-order valence-electron chi connectivity index (χ4n) is 11.8. The Bertz CT molecular complexity index is 2010. The Morgan fingerprint density at radius 1 is 0.398 bits per heavy atom. The van der Waals surface area contributed by atoms with Crippen LogP contribution in [0.3, 0.4) is 0 Å². The van der Waals surface area contributed by atoms with Crippen molar-refractivity contribution in [3.05, 3.63) is 85.1 Å². The Labute approximate surface area is 559 Å². The second kappa shape index (κ2) is 54.9. The number of unbranched alkanes of at least 4 members (excludes halogenated alkanes) is 27. The number of aliphatic hydroxyl groups is 11. The number of rotatable bonds is 55. The average Bonchev–Trinajstić information content (AvgIpc) is 0.828.